The molecule has 0 aromatic rings. The topological polar surface area (TPSA) is 35.5 Å². The molecule has 3 atom stereocenters. The highest BCUT2D eigenvalue weighted by molar-refractivity contribution is 5.93. The van der Waals surface area contributed by atoms with Crippen LogP contribution in [0.3, 0.4) is 0 Å². The van der Waals surface area contributed by atoms with E-state index in [1.54, 1.807) is 7.11 Å². The van der Waals surface area contributed by atoms with Gasteiger partial charge in [0.1, 0.15) is 6.79 Å². The van der Waals surface area contributed by atoms with Crippen LogP contribution in [0.2, 0.25) is 0 Å². The van der Waals surface area contributed by atoms with Crippen LogP contribution in [-0.2, 0) is 14.3 Å². The number of allylic oxidation sites excluding steroid dienone is 2. The van der Waals surface area contributed by atoms with Crippen molar-refractivity contribution in [2.24, 2.45) is 11.3 Å². The lowest BCUT2D eigenvalue weighted by Crippen LogP contribution is -2.46. The standard InChI is InChI=1S/C16H24O3/c1-4-8-16-10-12(2)14(17)9-13(16)6-5-7-15(16)19-11-18-3/h4,9,12,15H,1,5-8,10-11H2,2-3H3/t12-,15+,16+/m1/s1. The zero-order valence-corrected chi connectivity index (χ0v) is 12.0. The Labute approximate surface area is 115 Å². The summed E-state index contributed by atoms with van der Waals surface area (Å²) in [5, 5.41) is 0. The van der Waals surface area contributed by atoms with Gasteiger partial charge in [0.15, 0.2) is 5.78 Å². The molecule has 1 saturated carbocycles. The quantitative estimate of drug-likeness (QED) is 0.565. The summed E-state index contributed by atoms with van der Waals surface area (Å²) in [6, 6.07) is 0. The van der Waals surface area contributed by atoms with Crippen LogP contribution in [0.5, 0.6) is 0 Å². The monoisotopic (exact) mass is 264 g/mol. The van der Waals surface area contributed by atoms with E-state index in [2.05, 4.69) is 6.58 Å². The Morgan fingerprint density at radius 3 is 3.05 bits per heavy atom. The number of hydrogen-bond donors (Lipinski definition) is 0. The maximum atomic E-state index is 11.9. The van der Waals surface area contributed by atoms with Crippen molar-refractivity contribution in [3.05, 3.63) is 24.3 Å². The number of methoxy groups -OCH3 is 1. The van der Waals surface area contributed by atoms with Gasteiger partial charge in [-0.15, -0.1) is 6.58 Å². The molecule has 0 aromatic carbocycles. The van der Waals surface area contributed by atoms with Gasteiger partial charge >= 0.3 is 0 Å². The van der Waals surface area contributed by atoms with Crippen molar-refractivity contribution in [3.63, 3.8) is 0 Å². The maximum absolute atomic E-state index is 11.9. The van der Waals surface area contributed by atoms with Gasteiger partial charge in [-0.05, 0) is 38.2 Å². The van der Waals surface area contributed by atoms with Crippen molar-refractivity contribution in [2.75, 3.05) is 13.9 Å². The summed E-state index contributed by atoms with van der Waals surface area (Å²) in [5.41, 5.74) is 1.23. The second kappa shape index (κ2) is 6.02. The summed E-state index contributed by atoms with van der Waals surface area (Å²) in [7, 11) is 1.65. The molecule has 0 amide bonds. The third-order valence-electron chi connectivity index (χ3n) is 4.54. The summed E-state index contributed by atoms with van der Waals surface area (Å²) in [4.78, 5) is 11.9. The number of ketones is 1. The van der Waals surface area contributed by atoms with Crippen molar-refractivity contribution in [3.8, 4) is 0 Å². The molecule has 2 aliphatic rings. The molecular weight excluding hydrogens is 240 g/mol. The SMILES string of the molecule is C=CC[C@]12C[C@@H](C)C(=O)C=C1CCC[C@@H]2OCOC. The summed E-state index contributed by atoms with van der Waals surface area (Å²) in [6.07, 6.45) is 8.87. The predicted molar refractivity (Wildman–Crippen MR) is 74.7 cm³/mol. The first-order valence-electron chi connectivity index (χ1n) is 7.10. The van der Waals surface area contributed by atoms with Gasteiger partial charge in [0.05, 0.1) is 6.10 Å². The van der Waals surface area contributed by atoms with E-state index in [-0.39, 0.29) is 23.2 Å². The van der Waals surface area contributed by atoms with Crippen LogP contribution in [-0.4, -0.2) is 25.8 Å². The maximum Gasteiger partial charge on any atom is 0.158 e. The fraction of sp³-hybridized carbons (Fsp3) is 0.688. The molecule has 3 heteroatoms. The van der Waals surface area contributed by atoms with Crippen LogP contribution in [0.1, 0.15) is 39.0 Å². The van der Waals surface area contributed by atoms with E-state index >= 15 is 0 Å². The molecule has 0 saturated heterocycles. The molecule has 0 aliphatic heterocycles. The molecule has 106 valence electrons. The number of rotatable bonds is 5. The lowest BCUT2D eigenvalue weighted by molar-refractivity contribution is -0.133. The molecule has 0 heterocycles. The van der Waals surface area contributed by atoms with Gasteiger partial charge in [-0.25, -0.2) is 0 Å². The minimum absolute atomic E-state index is 0.0359. The van der Waals surface area contributed by atoms with Crippen LogP contribution >= 0.6 is 0 Å². The molecule has 0 N–H and O–H groups in total. The molecular formula is C16H24O3. The first-order chi connectivity index (χ1) is 9.14. The Morgan fingerprint density at radius 2 is 2.37 bits per heavy atom. The van der Waals surface area contributed by atoms with Gasteiger partial charge in [-0.1, -0.05) is 18.6 Å². The average Bonchev–Trinajstić information content (AvgIpc) is 2.39. The highest BCUT2D eigenvalue weighted by Crippen LogP contribution is 2.52. The Hall–Kier alpha value is -0.930. The second-order valence-corrected chi connectivity index (χ2v) is 5.78. The number of ether oxygens (including phenoxy) is 2. The number of hydrogen-bond acceptors (Lipinski definition) is 3. The molecule has 2 rings (SSSR count). The van der Waals surface area contributed by atoms with Crippen molar-refractivity contribution in [2.45, 2.75) is 45.1 Å². The van der Waals surface area contributed by atoms with E-state index in [9.17, 15) is 4.79 Å². The summed E-state index contributed by atoms with van der Waals surface area (Å²) < 4.78 is 11.0. The highest BCUT2D eigenvalue weighted by Gasteiger charge is 2.48. The summed E-state index contributed by atoms with van der Waals surface area (Å²) >= 11 is 0. The van der Waals surface area contributed by atoms with Gasteiger partial charge in [-0.3, -0.25) is 4.79 Å². The molecule has 2 aliphatic carbocycles. The van der Waals surface area contributed by atoms with Crippen LogP contribution in [0.25, 0.3) is 0 Å². The molecule has 19 heavy (non-hydrogen) atoms. The molecule has 0 bridgehead atoms. The van der Waals surface area contributed by atoms with Gasteiger partial charge in [0.2, 0.25) is 0 Å². The average molecular weight is 264 g/mol. The zero-order valence-electron chi connectivity index (χ0n) is 12.0. The molecule has 0 radical (unpaired) electrons. The van der Waals surface area contributed by atoms with Gasteiger partial charge in [0, 0.05) is 18.4 Å². The third kappa shape index (κ3) is 2.67. The highest BCUT2D eigenvalue weighted by atomic mass is 16.7. The van der Waals surface area contributed by atoms with Crippen LogP contribution in [0.4, 0.5) is 0 Å². The Kier molecular flexibility index (Phi) is 4.58. The van der Waals surface area contributed by atoms with Crippen molar-refractivity contribution in [1.29, 1.82) is 0 Å². The van der Waals surface area contributed by atoms with E-state index in [1.165, 1.54) is 5.57 Å². The van der Waals surface area contributed by atoms with Gasteiger partial charge in [0.25, 0.3) is 0 Å². The fourth-order valence-electron chi connectivity index (χ4n) is 3.65. The second-order valence-electron chi connectivity index (χ2n) is 5.78. The molecule has 3 nitrogen and oxygen atoms in total. The summed E-state index contributed by atoms with van der Waals surface area (Å²) in [5.74, 6) is 0.345. The Balaban J connectivity index is 2.32. The van der Waals surface area contributed by atoms with Crippen LogP contribution in [0, 0.1) is 11.3 Å². The number of carbonyl (C=O) groups is 1. The molecule has 1 fully saturated rings. The Bertz CT molecular complexity index is 385. The molecule has 0 aromatic heterocycles. The smallest absolute Gasteiger partial charge is 0.158 e. The van der Waals surface area contributed by atoms with Crippen LogP contribution < -0.4 is 0 Å². The van der Waals surface area contributed by atoms with Gasteiger partial charge < -0.3 is 9.47 Å². The van der Waals surface area contributed by atoms with Crippen molar-refractivity contribution >= 4 is 5.78 Å². The van der Waals surface area contributed by atoms with E-state index in [1.807, 2.05) is 19.1 Å². The minimum Gasteiger partial charge on any atom is -0.359 e. The fourth-order valence-corrected chi connectivity index (χ4v) is 3.65. The zero-order chi connectivity index (χ0) is 13.9. The predicted octanol–water partition coefficient (Wildman–Crippen LogP) is 3.26. The summed E-state index contributed by atoms with van der Waals surface area (Å²) in [6.45, 7) is 6.24. The van der Waals surface area contributed by atoms with Crippen molar-refractivity contribution in [1.82, 2.24) is 0 Å². The Morgan fingerprint density at radius 1 is 1.58 bits per heavy atom. The molecule has 0 unspecified atom stereocenters. The van der Waals surface area contributed by atoms with E-state index < -0.39 is 0 Å². The lowest BCUT2D eigenvalue weighted by atomic mass is 9.59. The van der Waals surface area contributed by atoms with Crippen LogP contribution in [0.15, 0.2) is 24.3 Å². The van der Waals surface area contributed by atoms with Crippen molar-refractivity contribution < 1.29 is 14.3 Å². The minimum atomic E-state index is -0.0359. The first kappa shape index (κ1) is 14.5. The molecule has 0 spiro atoms. The largest absolute Gasteiger partial charge is 0.359 e. The van der Waals surface area contributed by atoms with E-state index in [0.29, 0.717) is 6.79 Å². The van der Waals surface area contributed by atoms with E-state index in [0.717, 1.165) is 32.1 Å². The number of fused-ring (bicyclic) bond motifs is 1. The first-order valence-corrected chi connectivity index (χ1v) is 7.10. The number of carbonyl (C=O) groups excluding carboxylic acids is 1. The third-order valence-corrected chi connectivity index (χ3v) is 4.54. The normalized spacial score (nSPS) is 34.6. The van der Waals surface area contributed by atoms with Gasteiger partial charge in [-0.2, -0.15) is 0 Å². The van der Waals surface area contributed by atoms with E-state index in [4.69, 9.17) is 9.47 Å². The lowest BCUT2D eigenvalue weighted by Gasteiger charge is -2.48.